The molecule has 1 aromatic carbocycles. The molecular formula is C31H36ClFN6O3Si. The molecule has 0 bridgehead atoms. The number of carbonyl (C=O) groups excluding carboxylic acids is 1. The van der Waals surface area contributed by atoms with Crippen LogP contribution in [0, 0.1) is 5.82 Å². The van der Waals surface area contributed by atoms with E-state index in [4.69, 9.17) is 31.8 Å². The Hall–Kier alpha value is -3.67. The number of amides is 1. The maximum absolute atomic E-state index is 14.9. The molecule has 3 N–H and O–H groups in total. The Morgan fingerprint density at radius 2 is 2.02 bits per heavy atom. The van der Waals surface area contributed by atoms with Crippen molar-refractivity contribution >= 4 is 47.7 Å². The quantitative estimate of drug-likeness (QED) is 0.123. The molecule has 0 aliphatic carbocycles. The molecule has 1 unspecified atom stereocenters. The van der Waals surface area contributed by atoms with Crippen molar-refractivity contribution in [3.8, 4) is 17.1 Å². The predicted molar refractivity (Wildman–Crippen MR) is 169 cm³/mol. The number of imidazole rings is 1. The molecule has 3 aromatic heterocycles. The Morgan fingerprint density at radius 3 is 2.79 bits per heavy atom. The second-order valence-electron chi connectivity index (χ2n) is 12.5. The van der Waals surface area contributed by atoms with Gasteiger partial charge in [0, 0.05) is 67.5 Å². The molecule has 1 fully saturated rings. The number of nitrogens with zero attached hydrogens (tertiary/aromatic N) is 4. The Morgan fingerprint density at radius 1 is 1.21 bits per heavy atom. The number of carbonyl (C=O) groups is 1. The first kappa shape index (κ1) is 29.4. The van der Waals surface area contributed by atoms with E-state index in [0.717, 1.165) is 41.0 Å². The summed E-state index contributed by atoms with van der Waals surface area (Å²) in [7, 11) is 0.396. The van der Waals surface area contributed by atoms with Gasteiger partial charge in [-0.15, -0.1) is 0 Å². The Bertz CT molecular complexity index is 1730. The summed E-state index contributed by atoms with van der Waals surface area (Å²) >= 11 is 6.03. The SMILES string of the molecule is COc1cc2c(cn1)c(-c1cnc([C@@H]3CCC4CC(c5c(N)ccc(Cl)c5F)=CC(=O)N43)[nH]1)cn2COCC[Si](C)(C)C. The Kier molecular flexibility index (Phi) is 7.82. The molecule has 0 saturated carbocycles. The van der Waals surface area contributed by atoms with Gasteiger partial charge in [-0.3, -0.25) is 4.79 Å². The molecule has 2 aliphatic rings. The highest BCUT2D eigenvalue weighted by molar-refractivity contribution is 6.76. The van der Waals surface area contributed by atoms with Crippen LogP contribution in [0.2, 0.25) is 30.7 Å². The number of anilines is 1. The molecule has 1 saturated heterocycles. The van der Waals surface area contributed by atoms with Crippen molar-refractivity contribution in [3.63, 3.8) is 0 Å². The highest BCUT2D eigenvalue weighted by Gasteiger charge is 2.42. The van der Waals surface area contributed by atoms with Crippen molar-refractivity contribution in [2.24, 2.45) is 0 Å². The van der Waals surface area contributed by atoms with Crippen LogP contribution in [0.5, 0.6) is 5.88 Å². The Labute approximate surface area is 255 Å². The third-order valence-electron chi connectivity index (χ3n) is 8.34. The molecule has 2 aliphatic heterocycles. The van der Waals surface area contributed by atoms with Crippen molar-refractivity contribution in [3.05, 3.63) is 65.1 Å². The van der Waals surface area contributed by atoms with Crippen LogP contribution in [0.4, 0.5) is 10.1 Å². The highest BCUT2D eigenvalue weighted by Crippen LogP contribution is 2.44. The van der Waals surface area contributed by atoms with Gasteiger partial charge in [0.15, 0.2) is 5.82 Å². The number of hydrogen-bond donors (Lipinski definition) is 2. The third-order valence-corrected chi connectivity index (χ3v) is 10.3. The zero-order valence-electron chi connectivity index (χ0n) is 24.8. The van der Waals surface area contributed by atoms with Gasteiger partial charge in [0.05, 0.1) is 35.6 Å². The van der Waals surface area contributed by atoms with Crippen LogP contribution in [0.25, 0.3) is 27.7 Å². The van der Waals surface area contributed by atoms with Crippen molar-refractivity contribution < 1.29 is 18.7 Å². The second-order valence-corrected chi connectivity index (χ2v) is 18.5. The first-order valence-corrected chi connectivity index (χ1v) is 18.5. The number of rotatable bonds is 9. The summed E-state index contributed by atoms with van der Waals surface area (Å²) in [5.74, 6) is 0.462. The summed E-state index contributed by atoms with van der Waals surface area (Å²) < 4.78 is 28.4. The number of aromatic amines is 1. The van der Waals surface area contributed by atoms with E-state index in [9.17, 15) is 9.18 Å². The fourth-order valence-corrected chi connectivity index (χ4v) is 6.99. The molecule has 4 aromatic rings. The van der Waals surface area contributed by atoms with E-state index in [1.807, 2.05) is 17.2 Å². The van der Waals surface area contributed by atoms with E-state index in [1.165, 1.54) is 12.1 Å². The van der Waals surface area contributed by atoms with Crippen molar-refractivity contribution in [1.29, 1.82) is 0 Å². The van der Waals surface area contributed by atoms with Gasteiger partial charge >= 0.3 is 0 Å². The zero-order valence-corrected chi connectivity index (χ0v) is 26.5. The van der Waals surface area contributed by atoms with Crippen LogP contribution in [-0.4, -0.2) is 58.2 Å². The van der Waals surface area contributed by atoms with Crippen LogP contribution in [-0.2, 0) is 16.3 Å². The zero-order chi connectivity index (χ0) is 30.5. The van der Waals surface area contributed by atoms with Crippen LogP contribution in [0.15, 0.2) is 42.9 Å². The number of fused-ring (bicyclic) bond motifs is 2. The summed E-state index contributed by atoms with van der Waals surface area (Å²) in [4.78, 5) is 27.9. The number of aromatic nitrogens is 4. The lowest BCUT2D eigenvalue weighted by Crippen LogP contribution is -2.39. The third kappa shape index (κ3) is 5.68. The fourth-order valence-electron chi connectivity index (χ4n) is 6.07. The number of nitrogen functional groups attached to an aromatic ring is 1. The lowest BCUT2D eigenvalue weighted by Gasteiger charge is -2.33. The van der Waals surface area contributed by atoms with E-state index in [0.29, 0.717) is 37.0 Å². The van der Waals surface area contributed by atoms with Crippen LogP contribution in [0.3, 0.4) is 0 Å². The van der Waals surface area contributed by atoms with E-state index < -0.39 is 13.9 Å². The van der Waals surface area contributed by atoms with E-state index in [2.05, 4.69) is 34.2 Å². The largest absolute Gasteiger partial charge is 0.481 e. The van der Waals surface area contributed by atoms with E-state index in [1.54, 1.807) is 25.6 Å². The summed E-state index contributed by atoms with van der Waals surface area (Å²) in [5.41, 5.74) is 9.86. The summed E-state index contributed by atoms with van der Waals surface area (Å²) in [6.07, 6.45) is 9.13. The van der Waals surface area contributed by atoms with Crippen LogP contribution >= 0.6 is 11.6 Å². The molecule has 9 nitrogen and oxygen atoms in total. The predicted octanol–water partition coefficient (Wildman–Crippen LogP) is 6.64. The first-order chi connectivity index (χ1) is 20.5. The number of nitrogens with two attached hydrogens (primary N) is 1. The van der Waals surface area contributed by atoms with Gasteiger partial charge in [-0.05, 0) is 43.0 Å². The first-order valence-electron chi connectivity index (χ1n) is 14.5. The number of H-pyrrole nitrogens is 1. The standard InChI is InChI=1S/C31H36ClFN6O3Si/c1-41-27-13-26-20(14-35-27)21(16-38(26)17-42-9-10-43(2,3)4)24-15-36-31(37-24)25-8-5-19-11-18(12-28(40)39(19)25)29-23(34)7-6-22(32)30(29)33/h6-7,12-16,19,25H,5,8-11,17,34H2,1-4H3,(H,36,37)/t19?,25-/m0/s1. The topological polar surface area (TPSA) is 111 Å². The average Bonchev–Trinajstić information content (AvgIpc) is 3.70. The second kappa shape index (κ2) is 11.4. The van der Waals surface area contributed by atoms with E-state index in [-0.39, 0.29) is 34.3 Å². The van der Waals surface area contributed by atoms with Gasteiger partial charge in [-0.1, -0.05) is 31.2 Å². The van der Waals surface area contributed by atoms with Crippen LogP contribution < -0.4 is 10.5 Å². The molecule has 43 heavy (non-hydrogen) atoms. The lowest BCUT2D eigenvalue weighted by atomic mass is 9.92. The number of pyridine rings is 1. The highest BCUT2D eigenvalue weighted by atomic mass is 35.5. The molecule has 1 amide bonds. The molecule has 2 atom stereocenters. The molecule has 6 rings (SSSR count). The molecule has 226 valence electrons. The minimum absolute atomic E-state index is 0.0134. The number of ether oxygens (including phenoxy) is 2. The van der Waals surface area contributed by atoms with Gasteiger partial charge in [0.1, 0.15) is 12.6 Å². The van der Waals surface area contributed by atoms with Gasteiger partial charge in [-0.25, -0.2) is 14.4 Å². The molecule has 5 heterocycles. The summed E-state index contributed by atoms with van der Waals surface area (Å²) in [6, 6.07) is 5.69. The average molecular weight is 623 g/mol. The van der Waals surface area contributed by atoms with Crippen molar-refractivity contribution in [2.75, 3.05) is 19.5 Å². The van der Waals surface area contributed by atoms with E-state index >= 15 is 0 Å². The molecule has 0 spiro atoms. The van der Waals surface area contributed by atoms with Gasteiger partial charge < -0.3 is 29.7 Å². The number of methoxy groups -OCH3 is 1. The molecule has 0 radical (unpaired) electrons. The minimum Gasteiger partial charge on any atom is -0.481 e. The Balaban J connectivity index is 1.26. The lowest BCUT2D eigenvalue weighted by molar-refractivity contribution is -0.129. The summed E-state index contributed by atoms with van der Waals surface area (Å²) in [6.45, 7) is 8.12. The normalized spacial score (nSPS) is 18.8. The molecular weight excluding hydrogens is 587 g/mol. The minimum atomic E-state index is -1.20. The fraction of sp³-hybridized carbons (Fsp3) is 0.387. The van der Waals surface area contributed by atoms with Gasteiger partial charge in [0.25, 0.3) is 0 Å². The molecule has 12 heteroatoms. The van der Waals surface area contributed by atoms with Gasteiger partial charge in [-0.2, -0.15) is 0 Å². The maximum atomic E-state index is 14.9. The monoisotopic (exact) mass is 622 g/mol. The smallest absolute Gasteiger partial charge is 0.247 e. The maximum Gasteiger partial charge on any atom is 0.247 e. The number of nitrogens with one attached hydrogen (secondary N) is 1. The van der Waals surface area contributed by atoms with Gasteiger partial charge in [0.2, 0.25) is 11.8 Å². The van der Waals surface area contributed by atoms with Crippen LogP contribution in [0.1, 0.15) is 36.7 Å². The van der Waals surface area contributed by atoms with Crippen molar-refractivity contribution in [1.82, 2.24) is 24.4 Å². The van der Waals surface area contributed by atoms with Crippen molar-refractivity contribution in [2.45, 2.75) is 63.8 Å². The number of halogens is 2. The number of benzene rings is 1. The summed E-state index contributed by atoms with van der Waals surface area (Å²) in [5, 5.41) is 0.928. The number of hydrogen-bond acceptors (Lipinski definition) is 6.